The maximum atomic E-state index is 12.5. The minimum atomic E-state index is -0.529. The minimum absolute atomic E-state index is 0.0140. The summed E-state index contributed by atoms with van der Waals surface area (Å²) in [5, 5.41) is 11.6. The Kier molecular flexibility index (Phi) is 7.37. The van der Waals surface area contributed by atoms with E-state index in [1.807, 2.05) is 36.4 Å². The van der Waals surface area contributed by atoms with E-state index in [-0.39, 0.29) is 10.7 Å². The first-order valence-electron chi connectivity index (χ1n) is 9.91. The van der Waals surface area contributed by atoms with Gasteiger partial charge < -0.3 is 4.74 Å². The number of carbonyl (C=O) groups is 1. The van der Waals surface area contributed by atoms with Crippen molar-refractivity contribution < 1.29 is 9.53 Å². The number of rotatable bonds is 6. The molecule has 0 aliphatic carbocycles. The molecule has 0 atom stereocenters. The Morgan fingerprint density at radius 1 is 1.12 bits per heavy atom. The predicted octanol–water partition coefficient (Wildman–Crippen LogP) is 3.22. The molecule has 0 aliphatic rings. The smallest absolute Gasteiger partial charge is 0.287 e. The number of hydrogen-bond donors (Lipinski definition) is 2. The first-order chi connectivity index (χ1) is 15.4. The number of benzene rings is 2. The van der Waals surface area contributed by atoms with Crippen molar-refractivity contribution in [2.24, 2.45) is 0 Å². The number of nitriles is 1. The molecule has 3 rings (SSSR count). The van der Waals surface area contributed by atoms with Gasteiger partial charge in [-0.3, -0.25) is 20.3 Å². The second-order valence-electron chi connectivity index (χ2n) is 7.10. The lowest BCUT2D eigenvalue weighted by Crippen LogP contribution is -2.43. The van der Waals surface area contributed by atoms with Crippen LogP contribution in [0.2, 0.25) is 0 Å². The number of aromatic nitrogens is 1. The lowest BCUT2D eigenvalue weighted by atomic mass is 10.1. The van der Waals surface area contributed by atoms with Gasteiger partial charge in [0.25, 0.3) is 11.5 Å². The van der Waals surface area contributed by atoms with Crippen LogP contribution in [0.5, 0.6) is 5.75 Å². The van der Waals surface area contributed by atoms with E-state index in [0.29, 0.717) is 29.2 Å². The molecule has 32 heavy (non-hydrogen) atoms. The van der Waals surface area contributed by atoms with Crippen LogP contribution in [0.4, 0.5) is 0 Å². The molecular formula is C24H22N4O3S. The van der Waals surface area contributed by atoms with E-state index in [1.54, 1.807) is 44.2 Å². The molecule has 1 aromatic heterocycles. The molecule has 3 aromatic rings. The number of hydrogen-bond acceptors (Lipinski definition) is 5. The highest BCUT2D eigenvalue weighted by Gasteiger charge is 2.13. The van der Waals surface area contributed by atoms with Crippen LogP contribution in [0.1, 0.15) is 32.7 Å². The van der Waals surface area contributed by atoms with Crippen LogP contribution in [0.25, 0.3) is 0 Å². The van der Waals surface area contributed by atoms with E-state index in [2.05, 4.69) is 10.7 Å². The quantitative estimate of drug-likeness (QED) is 0.565. The number of carbonyl (C=O) groups excluding carboxylic acids is 1. The Morgan fingerprint density at radius 3 is 2.47 bits per heavy atom. The molecule has 162 valence electrons. The van der Waals surface area contributed by atoms with Gasteiger partial charge in [-0.2, -0.15) is 5.26 Å². The third-order valence-corrected chi connectivity index (χ3v) is 4.95. The number of pyridine rings is 1. The zero-order valence-electron chi connectivity index (χ0n) is 17.7. The average molecular weight is 447 g/mol. The molecule has 8 heteroatoms. The van der Waals surface area contributed by atoms with Gasteiger partial charge in [0, 0.05) is 17.7 Å². The third-order valence-electron chi connectivity index (χ3n) is 4.76. The van der Waals surface area contributed by atoms with Crippen molar-refractivity contribution in [1.82, 2.24) is 9.99 Å². The van der Waals surface area contributed by atoms with Crippen LogP contribution in [-0.4, -0.2) is 22.3 Å². The molecule has 2 aromatic carbocycles. The van der Waals surface area contributed by atoms with Crippen LogP contribution < -0.4 is 21.0 Å². The van der Waals surface area contributed by atoms with Crippen molar-refractivity contribution in [1.29, 1.82) is 5.26 Å². The number of nitrogens with zero attached hydrogens (tertiary/aromatic N) is 2. The molecule has 0 radical (unpaired) electrons. The lowest BCUT2D eigenvalue weighted by molar-refractivity contribution is 0.0977. The number of nitrogens with one attached hydrogen (secondary N) is 2. The molecule has 0 saturated carbocycles. The molecule has 0 unspecified atom stereocenters. The predicted molar refractivity (Wildman–Crippen MR) is 126 cm³/mol. The standard InChI is InChI=1S/C24H22N4O3S/c1-16-14-17(2)28(23(30)21(16)15-25)27-24(32)26-22(29)19-8-10-20(11-9-19)31-13-12-18-6-4-3-5-7-18/h3-11,14H,12-13H2,1-2H3,(H2,26,27,29,32). The summed E-state index contributed by atoms with van der Waals surface area (Å²) in [4.78, 5) is 24.9. The molecule has 0 aliphatic heterocycles. The molecule has 0 fully saturated rings. The Labute approximate surface area is 191 Å². The summed E-state index contributed by atoms with van der Waals surface area (Å²) in [6.07, 6.45) is 0.786. The summed E-state index contributed by atoms with van der Waals surface area (Å²) < 4.78 is 6.87. The second-order valence-corrected chi connectivity index (χ2v) is 7.51. The Bertz CT molecular complexity index is 1230. The largest absolute Gasteiger partial charge is 0.493 e. The van der Waals surface area contributed by atoms with Gasteiger partial charge in [-0.15, -0.1) is 0 Å². The van der Waals surface area contributed by atoms with Crippen molar-refractivity contribution in [3.05, 3.63) is 99.0 Å². The van der Waals surface area contributed by atoms with Crippen molar-refractivity contribution in [3.63, 3.8) is 0 Å². The summed E-state index contributed by atoms with van der Waals surface area (Å²) in [5.74, 6) is 0.223. The maximum absolute atomic E-state index is 12.5. The molecule has 7 nitrogen and oxygen atoms in total. The second kappa shape index (κ2) is 10.4. The van der Waals surface area contributed by atoms with Crippen molar-refractivity contribution in [2.75, 3.05) is 12.0 Å². The first kappa shape index (κ1) is 22.7. The molecule has 0 spiro atoms. The van der Waals surface area contributed by atoms with Gasteiger partial charge in [0.15, 0.2) is 5.11 Å². The fourth-order valence-corrected chi connectivity index (χ4v) is 3.29. The minimum Gasteiger partial charge on any atom is -0.493 e. The Morgan fingerprint density at radius 2 is 1.81 bits per heavy atom. The topological polar surface area (TPSA) is 96.2 Å². The highest BCUT2D eigenvalue weighted by Crippen LogP contribution is 2.13. The van der Waals surface area contributed by atoms with Crippen molar-refractivity contribution in [2.45, 2.75) is 20.3 Å². The summed E-state index contributed by atoms with van der Waals surface area (Å²) >= 11 is 5.16. The van der Waals surface area contributed by atoms with Gasteiger partial charge in [-0.05, 0) is 67.5 Å². The fraction of sp³-hybridized carbons (Fsp3) is 0.167. The summed E-state index contributed by atoms with van der Waals surface area (Å²) in [5.41, 5.74) is 4.86. The zero-order valence-corrected chi connectivity index (χ0v) is 18.5. The number of ether oxygens (including phenoxy) is 1. The molecule has 2 N–H and O–H groups in total. The summed E-state index contributed by atoms with van der Waals surface area (Å²) in [7, 11) is 0. The number of thiocarbonyl (C=S) groups is 1. The molecule has 0 saturated heterocycles. The lowest BCUT2D eigenvalue weighted by Gasteiger charge is -2.15. The highest BCUT2D eigenvalue weighted by molar-refractivity contribution is 7.80. The van der Waals surface area contributed by atoms with E-state index in [4.69, 9.17) is 17.0 Å². The molecule has 1 amide bonds. The van der Waals surface area contributed by atoms with Gasteiger partial charge in [-0.1, -0.05) is 30.3 Å². The number of aryl methyl sites for hydroxylation is 2. The third kappa shape index (κ3) is 5.59. The number of amides is 1. The van der Waals surface area contributed by atoms with E-state index < -0.39 is 11.5 Å². The van der Waals surface area contributed by atoms with Crippen LogP contribution in [0.3, 0.4) is 0 Å². The zero-order chi connectivity index (χ0) is 23.1. The molecular weight excluding hydrogens is 424 g/mol. The van der Waals surface area contributed by atoms with Gasteiger partial charge in [-0.25, -0.2) is 4.68 Å². The SMILES string of the molecule is Cc1cc(C)n(NC(=S)NC(=O)c2ccc(OCCc3ccccc3)cc2)c(=O)c1C#N. The Hall–Kier alpha value is -3.96. The van der Waals surface area contributed by atoms with Crippen LogP contribution in [0, 0.1) is 25.2 Å². The molecule has 1 heterocycles. The average Bonchev–Trinajstić information content (AvgIpc) is 2.78. The Balaban J connectivity index is 1.57. The maximum Gasteiger partial charge on any atom is 0.287 e. The summed E-state index contributed by atoms with van der Waals surface area (Å²) in [6, 6.07) is 20.3. The monoisotopic (exact) mass is 446 g/mol. The van der Waals surface area contributed by atoms with Crippen LogP contribution in [0.15, 0.2) is 65.5 Å². The van der Waals surface area contributed by atoms with Crippen molar-refractivity contribution >= 4 is 23.2 Å². The molecule has 0 bridgehead atoms. The van der Waals surface area contributed by atoms with Crippen LogP contribution in [-0.2, 0) is 6.42 Å². The normalized spacial score (nSPS) is 10.2. The highest BCUT2D eigenvalue weighted by atomic mass is 32.1. The summed E-state index contributed by atoms with van der Waals surface area (Å²) in [6.45, 7) is 3.91. The van der Waals surface area contributed by atoms with Gasteiger partial charge >= 0.3 is 0 Å². The van der Waals surface area contributed by atoms with Crippen LogP contribution >= 0.6 is 12.2 Å². The van der Waals surface area contributed by atoms with Gasteiger partial charge in [0.05, 0.1) is 6.61 Å². The van der Waals surface area contributed by atoms with E-state index in [0.717, 1.165) is 11.1 Å². The van der Waals surface area contributed by atoms with Gasteiger partial charge in [0.2, 0.25) is 0 Å². The van der Waals surface area contributed by atoms with Crippen molar-refractivity contribution in [3.8, 4) is 11.8 Å². The van der Waals surface area contributed by atoms with E-state index in [1.165, 1.54) is 5.56 Å². The van der Waals surface area contributed by atoms with E-state index >= 15 is 0 Å². The first-order valence-corrected chi connectivity index (χ1v) is 10.3. The van der Waals surface area contributed by atoms with Gasteiger partial charge in [0.1, 0.15) is 17.4 Å². The fourth-order valence-electron chi connectivity index (χ4n) is 3.10. The van der Waals surface area contributed by atoms with E-state index in [9.17, 15) is 14.9 Å².